The summed E-state index contributed by atoms with van der Waals surface area (Å²) in [5.41, 5.74) is 1.23. The standard InChI is InChI=1S/C21H21F2N7O/c1-12(21(31)26-18-7-8-25-27-18)10-15-19(24-2)28-29-20(15)30-9-3-4-17(30)14-11-13(22)5-6-16(14)23/h5-8,10-11,17H,2-4,9H2,1H3,(H,28,29)(H2,25,26,27,31)/b12-10+/t17-/m1/s1. The highest BCUT2D eigenvalue weighted by Crippen LogP contribution is 2.40. The summed E-state index contributed by atoms with van der Waals surface area (Å²) in [7, 11) is 0. The summed E-state index contributed by atoms with van der Waals surface area (Å²) in [5.74, 6) is 0.0542. The van der Waals surface area contributed by atoms with Crippen LogP contribution in [0.25, 0.3) is 6.08 Å². The van der Waals surface area contributed by atoms with E-state index in [1.54, 1.807) is 19.1 Å². The lowest BCUT2D eigenvalue weighted by Crippen LogP contribution is -2.24. The van der Waals surface area contributed by atoms with Gasteiger partial charge >= 0.3 is 0 Å². The Morgan fingerprint density at radius 2 is 2.19 bits per heavy atom. The van der Waals surface area contributed by atoms with Crippen LogP contribution in [0.3, 0.4) is 0 Å². The second kappa shape index (κ2) is 8.50. The minimum absolute atomic E-state index is 0.275. The average molecular weight is 425 g/mol. The van der Waals surface area contributed by atoms with Crippen molar-refractivity contribution < 1.29 is 13.6 Å². The second-order valence-electron chi connectivity index (χ2n) is 7.24. The third kappa shape index (κ3) is 4.09. The average Bonchev–Trinajstić information content (AvgIpc) is 3.50. The van der Waals surface area contributed by atoms with Crippen LogP contribution < -0.4 is 10.2 Å². The van der Waals surface area contributed by atoms with E-state index in [0.29, 0.717) is 41.6 Å². The Hall–Kier alpha value is -3.82. The zero-order chi connectivity index (χ0) is 22.0. The molecule has 31 heavy (non-hydrogen) atoms. The number of aliphatic imine (C=N–C) groups is 1. The molecule has 1 atom stereocenters. The maximum atomic E-state index is 14.5. The van der Waals surface area contributed by atoms with Crippen LogP contribution in [0.5, 0.6) is 0 Å². The van der Waals surface area contributed by atoms with E-state index in [4.69, 9.17) is 0 Å². The predicted octanol–water partition coefficient (Wildman–Crippen LogP) is 4.13. The van der Waals surface area contributed by atoms with Crippen molar-refractivity contribution in [3.05, 3.63) is 58.8 Å². The number of nitrogens with zero attached hydrogens (tertiary/aromatic N) is 4. The van der Waals surface area contributed by atoms with Gasteiger partial charge in [0.2, 0.25) is 0 Å². The maximum Gasteiger partial charge on any atom is 0.252 e. The first-order valence-electron chi connectivity index (χ1n) is 9.73. The van der Waals surface area contributed by atoms with Gasteiger partial charge in [0.25, 0.3) is 5.91 Å². The van der Waals surface area contributed by atoms with Crippen LogP contribution in [-0.4, -0.2) is 39.6 Å². The van der Waals surface area contributed by atoms with Crippen molar-refractivity contribution in [2.45, 2.75) is 25.8 Å². The van der Waals surface area contributed by atoms with E-state index < -0.39 is 11.6 Å². The van der Waals surface area contributed by atoms with Gasteiger partial charge in [0.15, 0.2) is 11.6 Å². The largest absolute Gasteiger partial charge is 0.347 e. The Morgan fingerprint density at radius 1 is 1.35 bits per heavy atom. The molecule has 3 N–H and O–H groups in total. The number of amides is 1. The highest BCUT2D eigenvalue weighted by atomic mass is 19.1. The van der Waals surface area contributed by atoms with Crippen LogP contribution in [-0.2, 0) is 4.79 Å². The molecule has 1 aromatic carbocycles. The zero-order valence-electron chi connectivity index (χ0n) is 16.8. The van der Waals surface area contributed by atoms with Crippen molar-refractivity contribution in [1.82, 2.24) is 20.4 Å². The summed E-state index contributed by atoms with van der Waals surface area (Å²) >= 11 is 0. The van der Waals surface area contributed by atoms with Crippen molar-refractivity contribution in [2.75, 3.05) is 16.8 Å². The normalized spacial score (nSPS) is 16.5. The van der Waals surface area contributed by atoms with Crippen molar-refractivity contribution in [3.63, 3.8) is 0 Å². The van der Waals surface area contributed by atoms with Crippen molar-refractivity contribution >= 4 is 36.2 Å². The summed E-state index contributed by atoms with van der Waals surface area (Å²) in [6.45, 7) is 5.81. The van der Waals surface area contributed by atoms with E-state index in [9.17, 15) is 13.6 Å². The van der Waals surface area contributed by atoms with Crippen molar-refractivity contribution in [1.29, 1.82) is 0 Å². The Labute approximate surface area is 177 Å². The van der Waals surface area contributed by atoms with Gasteiger partial charge in [-0.05, 0) is 50.8 Å². The Kier molecular flexibility index (Phi) is 5.61. The predicted molar refractivity (Wildman–Crippen MR) is 114 cm³/mol. The van der Waals surface area contributed by atoms with Crippen LogP contribution in [0.4, 0.5) is 26.2 Å². The lowest BCUT2D eigenvalue weighted by molar-refractivity contribution is -0.112. The van der Waals surface area contributed by atoms with Crippen molar-refractivity contribution in [2.24, 2.45) is 4.99 Å². The van der Waals surface area contributed by atoms with Crippen molar-refractivity contribution in [3.8, 4) is 0 Å². The maximum absolute atomic E-state index is 14.5. The molecule has 4 rings (SSSR count). The molecule has 10 heteroatoms. The number of nitrogens with one attached hydrogen (secondary N) is 3. The van der Waals surface area contributed by atoms with E-state index in [-0.39, 0.29) is 17.5 Å². The minimum atomic E-state index is -0.495. The van der Waals surface area contributed by atoms with Gasteiger partial charge in [-0.25, -0.2) is 13.8 Å². The summed E-state index contributed by atoms with van der Waals surface area (Å²) in [6.07, 6.45) is 4.60. The minimum Gasteiger partial charge on any atom is -0.347 e. The van der Waals surface area contributed by atoms with Gasteiger partial charge in [-0.3, -0.25) is 15.0 Å². The first-order chi connectivity index (χ1) is 15.0. The number of anilines is 2. The van der Waals surface area contributed by atoms with Crippen LogP contribution in [0.15, 0.2) is 41.0 Å². The third-order valence-electron chi connectivity index (χ3n) is 5.23. The molecule has 1 amide bonds. The van der Waals surface area contributed by atoms with Crippen LogP contribution in [0.1, 0.15) is 36.9 Å². The van der Waals surface area contributed by atoms with Gasteiger partial charge in [0.1, 0.15) is 17.5 Å². The topological polar surface area (TPSA) is 102 Å². The molecule has 8 nitrogen and oxygen atoms in total. The molecular formula is C21H21F2N7O. The number of carbonyl (C=O) groups is 1. The molecule has 0 spiro atoms. The number of aromatic nitrogens is 4. The van der Waals surface area contributed by atoms with E-state index in [1.807, 2.05) is 4.90 Å². The number of halogens is 2. The molecule has 0 saturated carbocycles. The molecule has 1 aliphatic heterocycles. The Balaban J connectivity index is 1.68. The molecule has 1 saturated heterocycles. The number of hydrogen-bond acceptors (Lipinski definition) is 5. The highest BCUT2D eigenvalue weighted by molar-refractivity contribution is 6.06. The van der Waals surface area contributed by atoms with Gasteiger partial charge in [-0.2, -0.15) is 10.2 Å². The molecule has 0 radical (unpaired) electrons. The summed E-state index contributed by atoms with van der Waals surface area (Å²) in [5, 5.41) is 16.3. The highest BCUT2D eigenvalue weighted by Gasteiger charge is 2.32. The SMILES string of the molecule is C=Nc1[nH]nc(N2CCC[C@@H]2c2cc(F)ccc2F)c1/C=C(\C)C(=O)Nc1ccn[nH]1. The quantitative estimate of drug-likeness (QED) is 0.408. The first-order valence-corrected chi connectivity index (χ1v) is 9.73. The van der Waals surface area contributed by atoms with E-state index in [0.717, 1.165) is 18.6 Å². The fourth-order valence-corrected chi connectivity index (χ4v) is 3.75. The molecule has 1 fully saturated rings. The fraction of sp³-hybridized carbons (Fsp3) is 0.238. The van der Waals surface area contributed by atoms with E-state index >= 15 is 0 Å². The molecule has 160 valence electrons. The molecule has 0 unspecified atom stereocenters. The molecule has 3 heterocycles. The zero-order valence-corrected chi connectivity index (χ0v) is 16.8. The van der Waals surface area contributed by atoms with Gasteiger partial charge in [-0.1, -0.05) is 0 Å². The number of H-pyrrole nitrogens is 2. The molecule has 1 aliphatic rings. The van der Waals surface area contributed by atoms with E-state index in [2.05, 4.69) is 37.4 Å². The Morgan fingerprint density at radius 3 is 2.94 bits per heavy atom. The van der Waals surface area contributed by atoms with Crippen LogP contribution in [0, 0.1) is 11.6 Å². The monoisotopic (exact) mass is 425 g/mol. The molecule has 2 aromatic heterocycles. The molecule has 3 aromatic rings. The number of benzene rings is 1. The second-order valence-corrected chi connectivity index (χ2v) is 7.24. The number of carbonyl (C=O) groups excluding carboxylic acids is 1. The summed E-state index contributed by atoms with van der Waals surface area (Å²) < 4.78 is 28.2. The number of aromatic amines is 2. The summed E-state index contributed by atoms with van der Waals surface area (Å²) in [6, 6.07) is 4.70. The van der Waals surface area contributed by atoms with Gasteiger partial charge in [-0.15, -0.1) is 0 Å². The smallest absolute Gasteiger partial charge is 0.252 e. The Bertz CT molecular complexity index is 1140. The van der Waals surface area contributed by atoms with Crippen LogP contribution in [0.2, 0.25) is 0 Å². The molecular weight excluding hydrogens is 404 g/mol. The lowest BCUT2D eigenvalue weighted by atomic mass is 10.0. The van der Waals surface area contributed by atoms with Gasteiger partial charge in [0, 0.05) is 23.7 Å². The first kappa shape index (κ1) is 20.5. The number of rotatable bonds is 6. The van der Waals surface area contributed by atoms with E-state index in [1.165, 1.54) is 12.3 Å². The number of hydrogen-bond donors (Lipinski definition) is 3. The van der Waals surface area contributed by atoms with Gasteiger partial charge in [0.05, 0.1) is 17.8 Å². The van der Waals surface area contributed by atoms with Crippen LogP contribution >= 0.6 is 0 Å². The fourth-order valence-electron chi connectivity index (χ4n) is 3.75. The third-order valence-corrected chi connectivity index (χ3v) is 5.23. The lowest BCUT2D eigenvalue weighted by Gasteiger charge is -2.26. The summed E-state index contributed by atoms with van der Waals surface area (Å²) in [4.78, 5) is 18.4. The molecule has 0 aliphatic carbocycles. The molecule has 0 bridgehead atoms. The van der Waals surface area contributed by atoms with Gasteiger partial charge < -0.3 is 10.2 Å².